The van der Waals surface area contributed by atoms with Crippen molar-refractivity contribution in [3.05, 3.63) is 24.3 Å². The number of ether oxygens (including phenoxy) is 2. The number of hydrogen-bond acceptors (Lipinski definition) is 4. The first-order valence-corrected chi connectivity index (χ1v) is 4.73. The number of carbonyl (C=O) groups is 1. The quantitative estimate of drug-likeness (QED) is 0.612. The number of aromatic amines is 1. The summed E-state index contributed by atoms with van der Waals surface area (Å²) < 4.78 is 9.80. The molecule has 0 saturated carbocycles. The number of rotatable bonds is 3. The van der Waals surface area contributed by atoms with Gasteiger partial charge in [-0.25, -0.2) is 0 Å². The SMILES string of the molecule is CC(=O)OCOc1cc2ccc(O)cc2[nH]1. The molecule has 2 rings (SSSR count). The first-order chi connectivity index (χ1) is 7.65. The van der Waals surface area contributed by atoms with Crippen LogP contribution in [0, 0.1) is 0 Å². The number of phenolic OH excluding ortho intramolecular Hbond substituents is 1. The fourth-order valence-electron chi connectivity index (χ4n) is 1.34. The fourth-order valence-corrected chi connectivity index (χ4v) is 1.34. The van der Waals surface area contributed by atoms with Crippen LogP contribution in [-0.4, -0.2) is 22.9 Å². The molecule has 0 amide bonds. The maximum absolute atomic E-state index is 10.5. The van der Waals surface area contributed by atoms with E-state index in [4.69, 9.17) is 4.74 Å². The summed E-state index contributed by atoms with van der Waals surface area (Å²) in [5, 5.41) is 10.2. The summed E-state index contributed by atoms with van der Waals surface area (Å²) in [4.78, 5) is 13.4. The van der Waals surface area contributed by atoms with E-state index in [9.17, 15) is 9.90 Å². The van der Waals surface area contributed by atoms with Crippen molar-refractivity contribution in [3.63, 3.8) is 0 Å². The molecule has 1 aromatic carbocycles. The second-order valence-corrected chi connectivity index (χ2v) is 3.30. The Labute approximate surface area is 91.6 Å². The minimum Gasteiger partial charge on any atom is -0.508 e. The average Bonchev–Trinajstić information content (AvgIpc) is 2.58. The molecule has 1 aromatic heterocycles. The highest BCUT2D eigenvalue weighted by Crippen LogP contribution is 2.23. The molecule has 16 heavy (non-hydrogen) atoms. The van der Waals surface area contributed by atoms with Gasteiger partial charge in [0.25, 0.3) is 0 Å². The molecule has 2 aromatic rings. The molecule has 5 nitrogen and oxygen atoms in total. The summed E-state index contributed by atoms with van der Waals surface area (Å²) in [6, 6.07) is 6.71. The Bertz CT molecular complexity index is 518. The van der Waals surface area contributed by atoms with Gasteiger partial charge in [-0.05, 0) is 12.1 Å². The summed E-state index contributed by atoms with van der Waals surface area (Å²) >= 11 is 0. The van der Waals surface area contributed by atoms with Gasteiger partial charge in [0.2, 0.25) is 6.79 Å². The third kappa shape index (κ3) is 2.25. The van der Waals surface area contributed by atoms with E-state index in [0.717, 1.165) is 10.9 Å². The Balaban J connectivity index is 2.10. The van der Waals surface area contributed by atoms with Crippen molar-refractivity contribution in [2.45, 2.75) is 6.92 Å². The van der Waals surface area contributed by atoms with Gasteiger partial charge in [0.15, 0.2) is 5.88 Å². The van der Waals surface area contributed by atoms with Crippen LogP contribution < -0.4 is 4.74 Å². The van der Waals surface area contributed by atoms with Gasteiger partial charge in [0, 0.05) is 24.4 Å². The van der Waals surface area contributed by atoms with Crippen molar-refractivity contribution in [2.75, 3.05) is 6.79 Å². The van der Waals surface area contributed by atoms with Crippen molar-refractivity contribution < 1.29 is 19.4 Å². The summed E-state index contributed by atoms with van der Waals surface area (Å²) in [7, 11) is 0. The molecule has 0 aliphatic rings. The molecule has 2 N–H and O–H groups in total. The molecule has 0 fully saturated rings. The van der Waals surface area contributed by atoms with Crippen molar-refractivity contribution in [3.8, 4) is 11.6 Å². The van der Waals surface area contributed by atoms with E-state index < -0.39 is 5.97 Å². The number of aromatic hydroxyl groups is 1. The number of H-pyrrole nitrogens is 1. The van der Waals surface area contributed by atoms with Gasteiger partial charge in [-0.3, -0.25) is 4.79 Å². The fraction of sp³-hybridized carbons (Fsp3) is 0.182. The Kier molecular flexibility index (Phi) is 2.68. The maximum Gasteiger partial charge on any atom is 0.305 e. The standard InChI is InChI=1S/C11H11NO4/c1-7(13)15-6-16-11-4-8-2-3-9(14)5-10(8)12-11/h2-5,12,14H,6H2,1H3. The number of phenols is 1. The lowest BCUT2D eigenvalue weighted by Crippen LogP contribution is -2.06. The minimum absolute atomic E-state index is 0.131. The molecular weight excluding hydrogens is 210 g/mol. The third-order valence-corrected chi connectivity index (χ3v) is 2.06. The van der Waals surface area contributed by atoms with E-state index >= 15 is 0 Å². The van der Waals surface area contributed by atoms with Crippen LogP contribution >= 0.6 is 0 Å². The summed E-state index contributed by atoms with van der Waals surface area (Å²) in [5.74, 6) is 0.275. The number of fused-ring (bicyclic) bond motifs is 1. The van der Waals surface area contributed by atoms with Crippen LogP contribution in [0.3, 0.4) is 0 Å². The molecule has 0 atom stereocenters. The lowest BCUT2D eigenvalue weighted by atomic mass is 10.2. The Morgan fingerprint density at radius 2 is 2.25 bits per heavy atom. The molecule has 0 saturated heterocycles. The second kappa shape index (κ2) is 4.14. The van der Waals surface area contributed by atoms with E-state index in [2.05, 4.69) is 9.72 Å². The first-order valence-electron chi connectivity index (χ1n) is 4.73. The predicted octanol–water partition coefficient (Wildman–Crippen LogP) is 1.77. The highest BCUT2D eigenvalue weighted by atomic mass is 16.7. The molecule has 0 unspecified atom stereocenters. The van der Waals surface area contributed by atoms with E-state index in [-0.39, 0.29) is 12.5 Å². The Morgan fingerprint density at radius 3 is 3.00 bits per heavy atom. The summed E-state index contributed by atoms with van der Waals surface area (Å²) in [6.45, 7) is 1.18. The molecule has 5 heteroatoms. The van der Waals surface area contributed by atoms with Gasteiger partial charge in [0.05, 0.1) is 5.52 Å². The average molecular weight is 221 g/mol. The van der Waals surface area contributed by atoms with Gasteiger partial charge >= 0.3 is 5.97 Å². The highest BCUT2D eigenvalue weighted by molar-refractivity contribution is 5.82. The monoisotopic (exact) mass is 221 g/mol. The van der Waals surface area contributed by atoms with E-state index in [1.165, 1.54) is 6.92 Å². The molecule has 0 aliphatic heterocycles. The number of carbonyl (C=O) groups excluding carboxylic acids is 1. The van der Waals surface area contributed by atoms with Gasteiger partial charge in [-0.1, -0.05) is 0 Å². The van der Waals surface area contributed by atoms with Crippen LogP contribution in [0.5, 0.6) is 11.6 Å². The number of benzene rings is 1. The molecule has 0 aliphatic carbocycles. The molecule has 0 radical (unpaired) electrons. The molecule has 0 bridgehead atoms. The van der Waals surface area contributed by atoms with Gasteiger partial charge in [0.1, 0.15) is 5.75 Å². The Hall–Kier alpha value is -2.17. The summed E-state index contributed by atoms with van der Waals surface area (Å²) in [5.41, 5.74) is 0.762. The minimum atomic E-state index is -0.395. The topological polar surface area (TPSA) is 71.6 Å². The van der Waals surface area contributed by atoms with E-state index in [1.807, 2.05) is 0 Å². The number of aromatic nitrogens is 1. The van der Waals surface area contributed by atoms with Crippen LogP contribution in [0.1, 0.15) is 6.92 Å². The van der Waals surface area contributed by atoms with E-state index in [0.29, 0.717) is 5.88 Å². The van der Waals surface area contributed by atoms with Gasteiger partial charge < -0.3 is 19.6 Å². The third-order valence-electron chi connectivity index (χ3n) is 2.06. The Morgan fingerprint density at radius 1 is 1.44 bits per heavy atom. The lowest BCUT2D eigenvalue weighted by Gasteiger charge is -2.02. The lowest BCUT2D eigenvalue weighted by molar-refractivity contribution is -0.147. The maximum atomic E-state index is 10.5. The van der Waals surface area contributed by atoms with Crippen molar-refractivity contribution >= 4 is 16.9 Å². The normalized spacial score (nSPS) is 10.3. The summed E-state index contributed by atoms with van der Waals surface area (Å²) in [6.07, 6.45) is 0. The van der Waals surface area contributed by atoms with Crippen LogP contribution in [0.4, 0.5) is 0 Å². The molecule has 84 valence electrons. The van der Waals surface area contributed by atoms with Crippen molar-refractivity contribution in [1.82, 2.24) is 4.98 Å². The molecule has 0 spiro atoms. The van der Waals surface area contributed by atoms with E-state index in [1.54, 1.807) is 24.3 Å². The van der Waals surface area contributed by atoms with Crippen LogP contribution in [0.25, 0.3) is 10.9 Å². The molecule has 1 heterocycles. The first kappa shape index (κ1) is 10.4. The van der Waals surface area contributed by atoms with Crippen LogP contribution in [0.2, 0.25) is 0 Å². The second-order valence-electron chi connectivity index (χ2n) is 3.30. The highest BCUT2D eigenvalue weighted by Gasteiger charge is 2.02. The van der Waals surface area contributed by atoms with Gasteiger partial charge in [-0.2, -0.15) is 0 Å². The largest absolute Gasteiger partial charge is 0.508 e. The number of esters is 1. The number of nitrogens with one attached hydrogen (secondary N) is 1. The van der Waals surface area contributed by atoms with Crippen molar-refractivity contribution in [1.29, 1.82) is 0 Å². The smallest absolute Gasteiger partial charge is 0.305 e. The van der Waals surface area contributed by atoms with Gasteiger partial charge in [-0.15, -0.1) is 0 Å². The number of hydrogen-bond donors (Lipinski definition) is 2. The zero-order valence-electron chi connectivity index (χ0n) is 8.69. The predicted molar refractivity (Wildman–Crippen MR) is 57.2 cm³/mol. The zero-order chi connectivity index (χ0) is 11.5. The molecular formula is C11H11NO4. The van der Waals surface area contributed by atoms with Crippen LogP contribution in [-0.2, 0) is 9.53 Å². The zero-order valence-corrected chi connectivity index (χ0v) is 8.69. The van der Waals surface area contributed by atoms with Crippen LogP contribution in [0.15, 0.2) is 24.3 Å². The van der Waals surface area contributed by atoms with Crippen molar-refractivity contribution in [2.24, 2.45) is 0 Å².